The van der Waals surface area contributed by atoms with Crippen molar-refractivity contribution in [3.8, 4) is 23.0 Å². The van der Waals surface area contributed by atoms with E-state index in [-0.39, 0.29) is 43.0 Å². The van der Waals surface area contributed by atoms with Crippen LogP contribution in [0.25, 0.3) is 0 Å². The van der Waals surface area contributed by atoms with E-state index in [1.54, 1.807) is 68.4 Å². The van der Waals surface area contributed by atoms with E-state index < -0.39 is 18.0 Å². The topological polar surface area (TPSA) is 172 Å². The summed E-state index contributed by atoms with van der Waals surface area (Å²) in [4.78, 5) is 62.4. The van der Waals surface area contributed by atoms with E-state index in [0.717, 1.165) is 28.9 Å². The summed E-state index contributed by atoms with van der Waals surface area (Å²) in [6.07, 6.45) is 3.23. The van der Waals surface area contributed by atoms with Crippen molar-refractivity contribution in [3.63, 3.8) is 0 Å². The standard InChI is InChI=1S/C49H49N7O8/c1-27(50-3)46(57)53-28(2)47(58)54-33-15-29(25-63-44-21-38-36(19-42(44)61-4)48(59)55-34(23-51-38)17-31-10-6-8-12-40(31)55)14-30(16-33)26-64-45-22-39-37(20-43(45)62-5)49(60)56-35(24-52-39)18-32-11-7-9-13-41(32)56/h6-16,19-23,27-28,34-35,50,52H,17-18,24-26H2,1-5H3,(H,53,57)(H,54,58)/t27-,28+,34-,35-/m0/s1. The van der Waals surface area contributed by atoms with Crippen LogP contribution in [0.15, 0.2) is 96.0 Å². The number of benzene rings is 5. The van der Waals surface area contributed by atoms with Crippen LogP contribution in [0.4, 0.5) is 28.4 Å². The number of ether oxygens (including phenoxy) is 4. The molecule has 4 heterocycles. The minimum Gasteiger partial charge on any atom is -0.493 e. The molecule has 4 aliphatic rings. The number of hydrogen-bond acceptors (Lipinski definition) is 11. The van der Waals surface area contributed by atoms with Crippen LogP contribution < -0.4 is 50.0 Å². The normalized spacial score (nSPS) is 17.5. The second kappa shape index (κ2) is 17.4. The number of likely N-dealkylation sites (N-methyl/N-ethyl adjacent to an activating group) is 1. The highest BCUT2D eigenvalue weighted by Gasteiger charge is 2.39. The molecule has 9 rings (SSSR count). The van der Waals surface area contributed by atoms with Crippen molar-refractivity contribution in [1.29, 1.82) is 0 Å². The summed E-state index contributed by atoms with van der Waals surface area (Å²) < 4.78 is 24.3. The van der Waals surface area contributed by atoms with E-state index in [2.05, 4.69) is 27.3 Å². The predicted octanol–water partition coefficient (Wildman–Crippen LogP) is 6.20. The lowest BCUT2D eigenvalue weighted by Crippen LogP contribution is -2.48. The van der Waals surface area contributed by atoms with Gasteiger partial charge in [0.1, 0.15) is 19.3 Å². The average molecular weight is 864 g/mol. The van der Waals surface area contributed by atoms with E-state index in [0.29, 0.717) is 75.3 Å². The molecular formula is C49H49N7O8. The monoisotopic (exact) mass is 863 g/mol. The molecule has 0 radical (unpaired) electrons. The molecule has 4 aliphatic heterocycles. The average Bonchev–Trinajstić information content (AvgIpc) is 3.80. The van der Waals surface area contributed by atoms with E-state index >= 15 is 0 Å². The van der Waals surface area contributed by atoms with Gasteiger partial charge >= 0.3 is 0 Å². The van der Waals surface area contributed by atoms with Gasteiger partial charge in [-0.15, -0.1) is 0 Å². The van der Waals surface area contributed by atoms with Gasteiger partial charge in [-0.05, 0) is 92.0 Å². The van der Waals surface area contributed by atoms with Crippen LogP contribution in [0.5, 0.6) is 23.0 Å². The summed E-state index contributed by atoms with van der Waals surface area (Å²) >= 11 is 0. The van der Waals surface area contributed by atoms with Crippen molar-refractivity contribution in [2.24, 2.45) is 4.99 Å². The molecule has 0 bridgehead atoms. The first-order valence-electron chi connectivity index (χ1n) is 21.3. The minimum atomic E-state index is -0.845. The second-order valence-corrected chi connectivity index (χ2v) is 16.3. The van der Waals surface area contributed by atoms with Crippen LogP contribution >= 0.6 is 0 Å². The fourth-order valence-electron chi connectivity index (χ4n) is 8.71. The number of rotatable bonds is 13. The highest BCUT2D eigenvalue weighted by atomic mass is 16.5. The SMILES string of the molecule is CN[C@@H](C)C(=O)N[C@H](C)C(=O)Nc1cc(COc2cc3c(cc2OC)C(=O)N2c4ccccc4C[C@H]2C=N3)cc(COc2cc3c(cc2OC)C(=O)N2c4ccccc4C[C@H]2CN3)c1. The summed E-state index contributed by atoms with van der Waals surface area (Å²) in [7, 11) is 4.71. The molecule has 328 valence electrons. The number of para-hydroxylation sites is 2. The van der Waals surface area contributed by atoms with Crippen molar-refractivity contribution in [3.05, 3.63) is 124 Å². The van der Waals surface area contributed by atoms with Crippen LogP contribution in [-0.4, -0.2) is 81.8 Å². The van der Waals surface area contributed by atoms with Crippen molar-refractivity contribution < 1.29 is 38.1 Å². The lowest BCUT2D eigenvalue weighted by Gasteiger charge is -2.22. The van der Waals surface area contributed by atoms with Gasteiger partial charge in [0.15, 0.2) is 23.0 Å². The maximum Gasteiger partial charge on any atom is 0.261 e. The van der Waals surface area contributed by atoms with Gasteiger partial charge in [0.2, 0.25) is 11.8 Å². The van der Waals surface area contributed by atoms with E-state index in [1.165, 1.54) is 14.2 Å². The van der Waals surface area contributed by atoms with Gasteiger partial charge in [-0.2, -0.15) is 0 Å². The number of aliphatic imine (C=N–C) groups is 1. The van der Waals surface area contributed by atoms with E-state index in [9.17, 15) is 19.2 Å². The summed E-state index contributed by atoms with van der Waals surface area (Å²) in [6.45, 7) is 3.96. The van der Waals surface area contributed by atoms with Crippen LogP contribution in [0, 0.1) is 0 Å². The second-order valence-electron chi connectivity index (χ2n) is 16.3. The molecule has 0 aromatic heterocycles. The van der Waals surface area contributed by atoms with Gasteiger partial charge in [-0.25, -0.2) is 0 Å². The molecular weight excluding hydrogens is 815 g/mol. The zero-order chi connectivity index (χ0) is 44.6. The van der Waals surface area contributed by atoms with Crippen LogP contribution in [0.3, 0.4) is 0 Å². The van der Waals surface area contributed by atoms with Crippen molar-refractivity contribution >= 4 is 58.3 Å². The highest BCUT2D eigenvalue weighted by Crippen LogP contribution is 2.43. The molecule has 4 atom stereocenters. The molecule has 4 amide bonds. The molecule has 4 N–H and O–H groups in total. The number of amides is 4. The Morgan fingerprint density at radius 2 is 1.34 bits per heavy atom. The Labute approximate surface area is 370 Å². The maximum absolute atomic E-state index is 14.0. The summed E-state index contributed by atoms with van der Waals surface area (Å²) in [5.41, 5.74) is 7.78. The molecule has 15 nitrogen and oxygen atoms in total. The number of nitrogens with one attached hydrogen (secondary N) is 4. The number of nitrogens with zero attached hydrogens (tertiary/aromatic N) is 3. The first-order chi connectivity index (χ1) is 31.0. The quantitative estimate of drug-likeness (QED) is 0.107. The molecule has 15 heteroatoms. The fourth-order valence-corrected chi connectivity index (χ4v) is 8.71. The Morgan fingerprint density at radius 1 is 0.734 bits per heavy atom. The molecule has 0 unspecified atom stereocenters. The fraction of sp³-hybridized carbons (Fsp3) is 0.286. The van der Waals surface area contributed by atoms with Gasteiger partial charge in [0.25, 0.3) is 11.8 Å². The van der Waals surface area contributed by atoms with E-state index in [1.807, 2.05) is 53.4 Å². The molecule has 0 saturated heterocycles. The minimum absolute atomic E-state index is 0.0343. The smallest absolute Gasteiger partial charge is 0.261 e. The lowest BCUT2D eigenvalue weighted by atomic mass is 10.1. The third kappa shape index (κ3) is 7.94. The van der Waals surface area contributed by atoms with Crippen molar-refractivity contribution in [2.45, 2.75) is 64.1 Å². The van der Waals surface area contributed by atoms with Crippen LogP contribution in [0.1, 0.15) is 56.8 Å². The first-order valence-corrected chi connectivity index (χ1v) is 21.3. The number of methoxy groups -OCH3 is 2. The predicted molar refractivity (Wildman–Crippen MR) is 244 cm³/mol. The molecule has 0 fully saturated rings. The van der Waals surface area contributed by atoms with Crippen LogP contribution in [-0.2, 0) is 35.6 Å². The van der Waals surface area contributed by atoms with Crippen LogP contribution in [0.2, 0.25) is 0 Å². The zero-order valence-electron chi connectivity index (χ0n) is 36.2. The highest BCUT2D eigenvalue weighted by molar-refractivity contribution is 6.15. The van der Waals surface area contributed by atoms with Gasteiger partial charge in [0, 0.05) is 48.4 Å². The Hall–Kier alpha value is -7.39. The number of hydrogen-bond donors (Lipinski definition) is 4. The molecule has 64 heavy (non-hydrogen) atoms. The number of carbonyl (C=O) groups excluding carboxylic acids is 4. The third-order valence-corrected chi connectivity index (χ3v) is 12.2. The third-order valence-electron chi connectivity index (χ3n) is 12.2. The maximum atomic E-state index is 14.0. The van der Waals surface area contributed by atoms with Gasteiger partial charge in [-0.3, -0.25) is 29.1 Å². The largest absolute Gasteiger partial charge is 0.493 e. The molecule has 0 saturated carbocycles. The van der Waals surface area contributed by atoms with Gasteiger partial charge in [-0.1, -0.05) is 36.4 Å². The number of anilines is 4. The number of carbonyl (C=O) groups is 4. The molecule has 5 aromatic carbocycles. The van der Waals surface area contributed by atoms with E-state index in [4.69, 9.17) is 23.9 Å². The Morgan fingerprint density at radius 3 is 2.02 bits per heavy atom. The molecule has 0 aliphatic carbocycles. The molecule has 0 spiro atoms. The molecule has 5 aromatic rings. The zero-order valence-corrected chi connectivity index (χ0v) is 36.2. The summed E-state index contributed by atoms with van der Waals surface area (Å²) in [6, 6.07) is 26.6. The summed E-state index contributed by atoms with van der Waals surface area (Å²) in [5, 5.41) is 12.0. The summed E-state index contributed by atoms with van der Waals surface area (Å²) in [5.74, 6) is 0.495. The Bertz CT molecular complexity index is 2720. The Kier molecular flexibility index (Phi) is 11.4. The first kappa shape index (κ1) is 41.9. The van der Waals surface area contributed by atoms with Crippen molar-refractivity contribution in [2.75, 3.05) is 48.2 Å². The van der Waals surface area contributed by atoms with Gasteiger partial charge < -0.3 is 45.1 Å². The van der Waals surface area contributed by atoms with Gasteiger partial charge in [0.05, 0.1) is 54.8 Å². The lowest BCUT2D eigenvalue weighted by molar-refractivity contribution is -0.127. The number of fused-ring (bicyclic) bond motifs is 8. The Balaban J connectivity index is 0.976. The van der Waals surface area contributed by atoms with Crippen molar-refractivity contribution in [1.82, 2.24) is 10.6 Å².